The lowest BCUT2D eigenvalue weighted by molar-refractivity contribution is -0.153. The molecule has 1 saturated heterocycles. The number of sulfonamides is 1. The first-order chi connectivity index (χ1) is 12.5. The summed E-state index contributed by atoms with van der Waals surface area (Å²) in [6, 6.07) is 10.0. The van der Waals surface area contributed by atoms with Crippen molar-refractivity contribution in [1.29, 1.82) is 0 Å². The van der Waals surface area contributed by atoms with Crippen LogP contribution in [0.1, 0.15) is 24.8 Å². The van der Waals surface area contributed by atoms with Crippen molar-refractivity contribution in [2.75, 3.05) is 39.0 Å². The van der Waals surface area contributed by atoms with Crippen molar-refractivity contribution in [1.82, 2.24) is 9.62 Å². The molecular weight excluding hydrogens is 352 g/mol. The highest BCUT2D eigenvalue weighted by Crippen LogP contribution is 2.34. The number of piperidine rings is 1. The summed E-state index contributed by atoms with van der Waals surface area (Å²) < 4.78 is 32.4. The number of ether oxygens (including phenoxy) is 1. The van der Waals surface area contributed by atoms with Gasteiger partial charge in [0, 0.05) is 13.1 Å². The molecule has 3 rings (SSSR count). The van der Waals surface area contributed by atoms with E-state index in [1.165, 1.54) is 17.0 Å². The Labute approximate surface area is 155 Å². The Kier molecular flexibility index (Phi) is 5.79. The zero-order valence-corrected chi connectivity index (χ0v) is 15.9. The van der Waals surface area contributed by atoms with Crippen LogP contribution in [0.5, 0.6) is 0 Å². The van der Waals surface area contributed by atoms with Crippen LogP contribution in [-0.2, 0) is 19.6 Å². The fourth-order valence-electron chi connectivity index (χ4n) is 3.79. The number of benzene rings is 1. The molecule has 0 bridgehead atoms. The maximum Gasteiger partial charge on any atom is 0.312 e. The minimum atomic E-state index is -3.54. The molecule has 26 heavy (non-hydrogen) atoms. The van der Waals surface area contributed by atoms with Crippen molar-refractivity contribution < 1.29 is 17.9 Å². The third-order valence-electron chi connectivity index (χ3n) is 5.35. The van der Waals surface area contributed by atoms with Crippen molar-refractivity contribution >= 4 is 21.6 Å². The SMILES string of the molecule is COC(=O)C1(CS(=O)(=O)N2CC=C(c3ccccc3)CC2)CCNCC1. The van der Waals surface area contributed by atoms with Crippen LogP contribution < -0.4 is 5.32 Å². The monoisotopic (exact) mass is 378 g/mol. The molecule has 7 heteroatoms. The van der Waals surface area contributed by atoms with Gasteiger partial charge in [-0.3, -0.25) is 4.79 Å². The lowest BCUT2D eigenvalue weighted by Crippen LogP contribution is -2.50. The van der Waals surface area contributed by atoms with Gasteiger partial charge < -0.3 is 10.1 Å². The van der Waals surface area contributed by atoms with Crippen LogP contribution in [0.4, 0.5) is 0 Å². The Morgan fingerprint density at radius 1 is 1.23 bits per heavy atom. The van der Waals surface area contributed by atoms with Gasteiger partial charge in [-0.15, -0.1) is 0 Å². The number of rotatable bonds is 5. The maximum absolute atomic E-state index is 13.0. The smallest absolute Gasteiger partial charge is 0.312 e. The first kappa shape index (κ1) is 19.1. The molecule has 0 aromatic heterocycles. The summed E-state index contributed by atoms with van der Waals surface area (Å²) in [5.41, 5.74) is 1.36. The van der Waals surface area contributed by atoms with E-state index >= 15 is 0 Å². The minimum Gasteiger partial charge on any atom is -0.469 e. The van der Waals surface area contributed by atoms with Gasteiger partial charge in [-0.25, -0.2) is 8.42 Å². The molecule has 2 heterocycles. The van der Waals surface area contributed by atoms with Crippen LogP contribution in [-0.4, -0.2) is 57.7 Å². The zero-order chi connectivity index (χ0) is 18.6. The number of carbonyl (C=O) groups is 1. The molecule has 1 aromatic rings. The van der Waals surface area contributed by atoms with Gasteiger partial charge in [0.2, 0.25) is 10.0 Å². The molecular formula is C19H26N2O4S. The van der Waals surface area contributed by atoms with E-state index in [0.29, 0.717) is 45.4 Å². The Hall–Kier alpha value is -1.70. The van der Waals surface area contributed by atoms with Crippen LogP contribution in [0.2, 0.25) is 0 Å². The third kappa shape index (κ3) is 4.00. The number of esters is 1. The number of methoxy groups -OCH3 is 1. The fraction of sp³-hybridized carbons (Fsp3) is 0.526. The second kappa shape index (κ2) is 7.90. The molecule has 0 radical (unpaired) electrons. The summed E-state index contributed by atoms with van der Waals surface area (Å²) in [7, 11) is -2.21. The summed E-state index contributed by atoms with van der Waals surface area (Å²) in [4.78, 5) is 12.3. The molecule has 0 aliphatic carbocycles. The summed E-state index contributed by atoms with van der Waals surface area (Å²) in [6.45, 7) is 2.05. The molecule has 0 spiro atoms. The van der Waals surface area contributed by atoms with Gasteiger partial charge in [0.05, 0.1) is 18.3 Å². The number of carbonyl (C=O) groups excluding carboxylic acids is 1. The lowest BCUT2D eigenvalue weighted by atomic mass is 9.81. The van der Waals surface area contributed by atoms with Crippen molar-refractivity contribution in [2.24, 2.45) is 5.41 Å². The molecule has 0 saturated carbocycles. The van der Waals surface area contributed by atoms with Gasteiger partial charge in [0.1, 0.15) is 0 Å². The van der Waals surface area contributed by atoms with Gasteiger partial charge >= 0.3 is 5.97 Å². The van der Waals surface area contributed by atoms with Gasteiger partial charge in [-0.05, 0) is 43.5 Å². The summed E-state index contributed by atoms with van der Waals surface area (Å²) in [6.07, 6.45) is 3.62. The second-order valence-electron chi connectivity index (χ2n) is 6.98. The van der Waals surface area contributed by atoms with E-state index in [-0.39, 0.29) is 5.75 Å². The van der Waals surface area contributed by atoms with Gasteiger partial charge in [0.25, 0.3) is 0 Å². The Bertz CT molecular complexity index is 768. The first-order valence-corrected chi connectivity index (χ1v) is 10.6. The Balaban J connectivity index is 1.74. The molecule has 0 unspecified atom stereocenters. The van der Waals surface area contributed by atoms with E-state index in [4.69, 9.17) is 4.74 Å². The molecule has 2 aliphatic heterocycles. The van der Waals surface area contributed by atoms with Crippen LogP contribution in [0.3, 0.4) is 0 Å². The van der Waals surface area contributed by atoms with Crippen LogP contribution >= 0.6 is 0 Å². The van der Waals surface area contributed by atoms with E-state index in [9.17, 15) is 13.2 Å². The van der Waals surface area contributed by atoms with E-state index in [1.54, 1.807) is 0 Å². The highest BCUT2D eigenvalue weighted by molar-refractivity contribution is 7.89. The average molecular weight is 378 g/mol. The average Bonchev–Trinajstić information content (AvgIpc) is 2.68. The lowest BCUT2D eigenvalue weighted by Gasteiger charge is -2.36. The topological polar surface area (TPSA) is 75.7 Å². The standard InChI is InChI=1S/C19H26N2O4S/c1-25-18(22)19(9-11-20-12-10-19)15-26(23,24)21-13-7-17(8-14-21)16-5-3-2-4-6-16/h2-7,20H,8-15H2,1H3. The maximum atomic E-state index is 13.0. The number of nitrogens with zero attached hydrogens (tertiary/aromatic N) is 1. The normalized spacial score (nSPS) is 21.0. The first-order valence-electron chi connectivity index (χ1n) is 8.98. The Morgan fingerprint density at radius 3 is 2.50 bits per heavy atom. The molecule has 1 N–H and O–H groups in total. The molecule has 0 amide bonds. The van der Waals surface area contributed by atoms with Crippen LogP contribution in [0, 0.1) is 5.41 Å². The number of nitrogens with one attached hydrogen (secondary N) is 1. The molecule has 1 aromatic carbocycles. The van der Waals surface area contributed by atoms with Gasteiger partial charge in [-0.2, -0.15) is 4.31 Å². The summed E-state index contributed by atoms with van der Waals surface area (Å²) in [5, 5.41) is 3.18. The predicted molar refractivity (Wildman–Crippen MR) is 101 cm³/mol. The van der Waals surface area contributed by atoms with Crippen LogP contribution in [0.25, 0.3) is 5.57 Å². The van der Waals surface area contributed by atoms with Gasteiger partial charge in [-0.1, -0.05) is 36.4 Å². The highest BCUT2D eigenvalue weighted by Gasteiger charge is 2.45. The molecule has 142 valence electrons. The van der Waals surface area contributed by atoms with Crippen molar-refractivity contribution in [3.63, 3.8) is 0 Å². The second-order valence-corrected chi connectivity index (χ2v) is 8.95. The van der Waals surface area contributed by atoms with Crippen molar-refractivity contribution in [3.8, 4) is 0 Å². The summed E-state index contributed by atoms with van der Waals surface area (Å²) in [5.74, 6) is -0.594. The Morgan fingerprint density at radius 2 is 1.92 bits per heavy atom. The fourth-order valence-corrected chi connectivity index (χ4v) is 5.75. The highest BCUT2D eigenvalue weighted by atomic mass is 32.2. The molecule has 0 atom stereocenters. The number of hydrogen-bond acceptors (Lipinski definition) is 5. The molecule has 1 fully saturated rings. The predicted octanol–water partition coefficient (Wildman–Crippen LogP) is 1.65. The molecule has 2 aliphatic rings. The minimum absolute atomic E-state index is 0.178. The third-order valence-corrected chi connectivity index (χ3v) is 7.38. The van der Waals surface area contributed by atoms with E-state index in [0.717, 1.165) is 5.56 Å². The van der Waals surface area contributed by atoms with Crippen LogP contribution in [0.15, 0.2) is 36.4 Å². The van der Waals surface area contributed by atoms with Crippen molar-refractivity contribution in [2.45, 2.75) is 19.3 Å². The quantitative estimate of drug-likeness (QED) is 0.789. The largest absolute Gasteiger partial charge is 0.469 e. The van der Waals surface area contributed by atoms with E-state index < -0.39 is 21.4 Å². The van der Waals surface area contributed by atoms with Crippen molar-refractivity contribution in [3.05, 3.63) is 42.0 Å². The zero-order valence-electron chi connectivity index (χ0n) is 15.1. The van der Waals surface area contributed by atoms with E-state index in [1.807, 2.05) is 36.4 Å². The molecule has 6 nitrogen and oxygen atoms in total. The summed E-state index contributed by atoms with van der Waals surface area (Å²) >= 11 is 0. The van der Waals surface area contributed by atoms with Gasteiger partial charge in [0.15, 0.2) is 0 Å². The van der Waals surface area contributed by atoms with E-state index in [2.05, 4.69) is 5.32 Å². The number of hydrogen-bond donors (Lipinski definition) is 1.